The molecule has 0 spiro atoms. The van der Waals surface area contributed by atoms with Crippen molar-refractivity contribution in [1.29, 1.82) is 0 Å². The zero-order chi connectivity index (χ0) is 28.1. The van der Waals surface area contributed by atoms with Gasteiger partial charge in [-0.1, -0.05) is 36.4 Å². The molecular weight excluding hydrogens is 522 g/mol. The van der Waals surface area contributed by atoms with Gasteiger partial charge in [0.05, 0.1) is 41.3 Å². The summed E-state index contributed by atoms with van der Waals surface area (Å²) in [7, 11) is 0. The van der Waals surface area contributed by atoms with Crippen molar-refractivity contribution >= 4 is 40.3 Å². The van der Waals surface area contributed by atoms with Gasteiger partial charge in [-0.2, -0.15) is 0 Å². The lowest BCUT2D eigenvalue weighted by molar-refractivity contribution is 0.0696. The molecule has 3 heterocycles. The molecule has 1 aromatic heterocycles. The van der Waals surface area contributed by atoms with Gasteiger partial charge in [0.1, 0.15) is 5.52 Å². The summed E-state index contributed by atoms with van der Waals surface area (Å²) in [5.41, 5.74) is 5.18. The fourth-order valence-electron chi connectivity index (χ4n) is 5.36. The Morgan fingerprint density at radius 1 is 0.756 bits per heavy atom. The van der Waals surface area contributed by atoms with Gasteiger partial charge < -0.3 is 19.2 Å². The zero-order valence-electron chi connectivity index (χ0n) is 21.7. The Kier molecular flexibility index (Phi) is 5.87. The first-order valence-corrected chi connectivity index (χ1v) is 13.2. The summed E-state index contributed by atoms with van der Waals surface area (Å²) in [5.74, 6) is -1.91. The molecule has 5 aromatic rings. The minimum Gasteiger partial charge on any atom is -0.478 e. The van der Waals surface area contributed by atoms with Gasteiger partial charge in [0.15, 0.2) is 5.58 Å². The molecule has 1 fully saturated rings. The fraction of sp³-hybridized carbons (Fsp3) is 0.125. The van der Waals surface area contributed by atoms with Crippen molar-refractivity contribution < 1.29 is 28.6 Å². The number of carbonyl (C=O) groups excluding carboxylic acids is 2. The van der Waals surface area contributed by atoms with Crippen molar-refractivity contribution in [3.63, 3.8) is 0 Å². The van der Waals surface area contributed by atoms with E-state index >= 15 is 0 Å². The summed E-state index contributed by atoms with van der Waals surface area (Å²) >= 11 is 0. The van der Waals surface area contributed by atoms with Crippen molar-refractivity contribution in [1.82, 2.24) is 4.98 Å². The number of hydrogen-bond acceptors (Lipinski definition) is 7. The van der Waals surface area contributed by atoms with Crippen LogP contribution in [0.15, 0.2) is 89.3 Å². The third kappa shape index (κ3) is 4.23. The van der Waals surface area contributed by atoms with Gasteiger partial charge in [0.25, 0.3) is 11.8 Å². The number of morpholine rings is 1. The lowest BCUT2D eigenvalue weighted by atomic mass is 10.1. The smallest absolute Gasteiger partial charge is 0.335 e. The molecule has 0 unspecified atom stereocenters. The van der Waals surface area contributed by atoms with Gasteiger partial charge in [-0.15, -0.1) is 0 Å². The number of oxazole rings is 1. The molecular formula is C32H23N3O6. The Hall–Kier alpha value is -5.28. The van der Waals surface area contributed by atoms with E-state index in [4.69, 9.17) is 14.1 Å². The summed E-state index contributed by atoms with van der Waals surface area (Å²) in [5, 5.41) is 9.42. The first-order valence-electron chi connectivity index (χ1n) is 13.2. The summed E-state index contributed by atoms with van der Waals surface area (Å²) in [4.78, 5) is 46.6. The Bertz CT molecular complexity index is 1860. The van der Waals surface area contributed by atoms with E-state index in [1.165, 1.54) is 18.2 Å². The van der Waals surface area contributed by atoms with Gasteiger partial charge >= 0.3 is 5.97 Å². The molecule has 4 aromatic carbocycles. The van der Waals surface area contributed by atoms with Crippen LogP contribution in [0, 0.1) is 0 Å². The largest absolute Gasteiger partial charge is 0.478 e. The number of rotatable bonds is 5. The highest BCUT2D eigenvalue weighted by Gasteiger charge is 2.39. The van der Waals surface area contributed by atoms with Crippen molar-refractivity contribution in [3.8, 4) is 22.6 Å². The predicted molar refractivity (Wildman–Crippen MR) is 152 cm³/mol. The number of aromatic carboxylic acids is 1. The van der Waals surface area contributed by atoms with E-state index in [1.54, 1.807) is 6.07 Å². The van der Waals surface area contributed by atoms with E-state index in [9.17, 15) is 19.5 Å². The average Bonchev–Trinajstić information content (AvgIpc) is 3.55. The van der Waals surface area contributed by atoms with Crippen LogP contribution in [-0.4, -0.2) is 54.2 Å². The van der Waals surface area contributed by atoms with E-state index in [1.807, 2.05) is 60.7 Å². The number of aromatic nitrogens is 1. The van der Waals surface area contributed by atoms with Crippen LogP contribution < -0.4 is 9.80 Å². The maximum atomic E-state index is 13.6. The highest BCUT2D eigenvalue weighted by molar-refractivity contribution is 6.35. The number of carbonyl (C=O) groups is 3. The molecule has 0 radical (unpaired) electrons. The molecule has 0 aliphatic carbocycles. The summed E-state index contributed by atoms with van der Waals surface area (Å²) in [6, 6.07) is 25.2. The predicted octanol–water partition coefficient (Wildman–Crippen LogP) is 5.50. The molecule has 2 amide bonds. The van der Waals surface area contributed by atoms with Crippen LogP contribution in [0.1, 0.15) is 31.1 Å². The molecule has 1 N–H and O–H groups in total. The number of amides is 2. The molecule has 41 heavy (non-hydrogen) atoms. The van der Waals surface area contributed by atoms with E-state index in [0.29, 0.717) is 60.2 Å². The summed E-state index contributed by atoms with van der Waals surface area (Å²) < 4.78 is 11.6. The molecule has 202 valence electrons. The third-order valence-electron chi connectivity index (χ3n) is 7.44. The fourth-order valence-corrected chi connectivity index (χ4v) is 5.36. The van der Waals surface area contributed by atoms with Crippen LogP contribution in [0.5, 0.6) is 0 Å². The molecule has 2 aliphatic rings. The Labute approximate surface area is 234 Å². The third-order valence-corrected chi connectivity index (χ3v) is 7.44. The lowest BCUT2D eigenvalue weighted by Crippen LogP contribution is -2.38. The van der Waals surface area contributed by atoms with Gasteiger partial charge in [-0.3, -0.25) is 9.59 Å². The normalized spacial score (nSPS) is 15.0. The number of carboxylic acids is 1. The van der Waals surface area contributed by atoms with Crippen LogP contribution >= 0.6 is 0 Å². The highest BCUT2D eigenvalue weighted by atomic mass is 16.5. The first kappa shape index (κ1) is 24.7. The van der Waals surface area contributed by atoms with Crippen molar-refractivity contribution in [3.05, 3.63) is 102 Å². The number of hydrogen-bond donors (Lipinski definition) is 1. The van der Waals surface area contributed by atoms with Gasteiger partial charge in [0, 0.05) is 18.7 Å². The number of fused-ring (bicyclic) bond motifs is 2. The van der Waals surface area contributed by atoms with E-state index < -0.39 is 17.8 Å². The second-order valence-corrected chi connectivity index (χ2v) is 9.88. The van der Waals surface area contributed by atoms with Crippen LogP contribution in [0.25, 0.3) is 33.7 Å². The maximum absolute atomic E-state index is 13.6. The van der Waals surface area contributed by atoms with Crippen LogP contribution in [-0.2, 0) is 4.74 Å². The quantitative estimate of drug-likeness (QED) is 0.288. The second kappa shape index (κ2) is 9.72. The van der Waals surface area contributed by atoms with Crippen LogP contribution in [0.3, 0.4) is 0 Å². The molecule has 0 saturated carbocycles. The number of benzene rings is 4. The number of ether oxygens (including phenoxy) is 1. The van der Waals surface area contributed by atoms with Crippen molar-refractivity contribution in [2.24, 2.45) is 0 Å². The van der Waals surface area contributed by atoms with Crippen molar-refractivity contribution in [2.45, 2.75) is 0 Å². The SMILES string of the molecule is O=C(O)c1ccc2c(c1)C(=O)N(c1cc(-c3nc4cc(-c5ccccc5)ccc4o3)ccc1N1CCOCC1)C2=O. The maximum Gasteiger partial charge on any atom is 0.335 e. The Morgan fingerprint density at radius 3 is 2.29 bits per heavy atom. The van der Waals surface area contributed by atoms with Gasteiger partial charge in [0.2, 0.25) is 5.89 Å². The van der Waals surface area contributed by atoms with Crippen molar-refractivity contribution in [2.75, 3.05) is 36.1 Å². The molecule has 7 rings (SSSR count). The second-order valence-electron chi connectivity index (χ2n) is 9.88. The number of imide groups is 1. The number of anilines is 2. The topological polar surface area (TPSA) is 113 Å². The van der Waals surface area contributed by atoms with E-state index in [2.05, 4.69) is 4.90 Å². The molecule has 9 nitrogen and oxygen atoms in total. The van der Waals surface area contributed by atoms with Crippen LogP contribution in [0.4, 0.5) is 11.4 Å². The monoisotopic (exact) mass is 545 g/mol. The standard InChI is InChI=1S/C32H23N3O6/c36-30-23-9-6-22(32(38)39)16-24(23)31(37)35(30)27-18-21(7-10-26(27)34-12-14-40-15-13-34)29-33-25-17-20(8-11-28(25)41-29)19-4-2-1-3-5-19/h1-11,16-18H,12-15H2,(H,38,39). The minimum absolute atomic E-state index is 0.0588. The molecule has 0 bridgehead atoms. The Morgan fingerprint density at radius 2 is 1.51 bits per heavy atom. The molecule has 0 atom stereocenters. The van der Waals surface area contributed by atoms with E-state index in [0.717, 1.165) is 16.0 Å². The molecule has 2 aliphatic heterocycles. The number of nitrogens with zero attached hydrogens (tertiary/aromatic N) is 3. The lowest BCUT2D eigenvalue weighted by Gasteiger charge is -2.32. The summed E-state index contributed by atoms with van der Waals surface area (Å²) in [6.45, 7) is 2.20. The van der Waals surface area contributed by atoms with E-state index in [-0.39, 0.29) is 16.7 Å². The number of carboxylic acid groups (broad SMARTS) is 1. The minimum atomic E-state index is -1.17. The van der Waals surface area contributed by atoms with Crippen LogP contribution in [0.2, 0.25) is 0 Å². The van der Waals surface area contributed by atoms with Gasteiger partial charge in [-0.25, -0.2) is 14.7 Å². The summed E-state index contributed by atoms with van der Waals surface area (Å²) in [6.07, 6.45) is 0. The highest BCUT2D eigenvalue weighted by Crippen LogP contribution is 2.39. The first-order chi connectivity index (χ1) is 20.0. The zero-order valence-corrected chi connectivity index (χ0v) is 21.7. The average molecular weight is 546 g/mol. The Balaban J connectivity index is 1.32. The van der Waals surface area contributed by atoms with Gasteiger partial charge in [-0.05, 0) is 59.7 Å². The molecule has 1 saturated heterocycles. The molecule has 9 heteroatoms.